The van der Waals surface area contributed by atoms with E-state index in [1.54, 1.807) is 23.6 Å². The second-order valence-corrected chi connectivity index (χ2v) is 5.96. The third-order valence-electron chi connectivity index (χ3n) is 3.65. The first kappa shape index (κ1) is 17.6. The van der Waals surface area contributed by atoms with Gasteiger partial charge in [-0.1, -0.05) is 6.92 Å². The summed E-state index contributed by atoms with van der Waals surface area (Å²) in [5.41, 5.74) is 0. The number of nitrogens with zero attached hydrogens (tertiary/aromatic N) is 1. The Balaban J connectivity index is 0.00000200. The van der Waals surface area contributed by atoms with Gasteiger partial charge in [0.05, 0.1) is 12.0 Å². The van der Waals surface area contributed by atoms with E-state index in [9.17, 15) is 14.7 Å². The Hall–Kier alpha value is -0.500. The van der Waals surface area contributed by atoms with Crippen molar-refractivity contribution >= 4 is 36.0 Å². The summed E-state index contributed by atoms with van der Waals surface area (Å²) >= 11 is 1.60. The molecule has 2 fully saturated rings. The molecule has 0 bridgehead atoms. The van der Waals surface area contributed by atoms with Crippen LogP contribution in [-0.2, 0) is 9.59 Å². The van der Waals surface area contributed by atoms with Crippen LogP contribution in [0.2, 0.25) is 0 Å². The molecule has 0 aromatic carbocycles. The molecule has 0 radical (unpaired) electrons. The quantitative estimate of drug-likeness (QED) is 0.645. The van der Waals surface area contributed by atoms with E-state index in [4.69, 9.17) is 0 Å². The van der Waals surface area contributed by atoms with Gasteiger partial charge in [0.2, 0.25) is 11.8 Å². The van der Waals surface area contributed by atoms with Crippen molar-refractivity contribution in [1.29, 1.82) is 0 Å². The van der Waals surface area contributed by atoms with Crippen molar-refractivity contribution < 1.29 is 14.7 Å². The van der Waals surface area contributed by atoms with E-state index in [0.717, 1.165) is 6.54 Å². The number of β-amino-alcohol motifs (C(OH)–C–C–N with tert-alkyl or cyclic N) is 1. The minimum absolute atomic E-state index is 0. The van der Waals surface area contributed by atoms with Gasteiger partial charge >= 0.3 is 0 Å². The van der Waals surface area contributed by atoms with Crippen LogP contribution in [0.3, 0.4) is 0 Å². The summed E-state index contributed by atoms with van der Waals surface area (Å²) in [5, 5.41) is 15.6. The van der Waals surface area contributed by atoms with Crippen molar-refractivity contribution in [2.75, 3.05) is 31.3 Å². The first-order chi connectivity index (χ1) is 9.13. The van der Waals surface area contributed by atoms with Gasteiger partial charge in [0.1, 0.15) is 6.04 Å². The molecular weight excluding hydrogens is 302 g/mol. The van der Waals surface area contributed by atoms with Gasteiger partial charge in [0, 0.05) is 37.7 Å². The van der Waals surface area contributed by atoms with Gasteiger partial charge in [0.15, 0.2) is 0 Å². The first-order valence-electron chi connectivity index (χ1n) is 6.67. The maximum atomic E-state index is 12.1. The highest BCUT2D eigenvalue weighted by atomic mass is 35.5. The molecule has 0 spiro atoms. The number of hydrogen-bond donors (Lipinski definition) is 3. The zero-order valence-corrected chi connectivity index (χ0v) is 13.1. The van der Waals surface area contributed by atoms with E-state index >= 15 is 0 Å². The van der Waals surface area contributed by atoms with Gasteiger partial charge in [-0.3, -0.25) is 9.59 Å². The summed E-state index contributed by atoms with van der Waals surface area (Å²) in [5.74, 6) is 1.23. The third-order valence-corrected chi connectivity index (χ3v) is 4.66. The van der Waals surface area contributed by atoms with Crippen molar-refractivity contribution in [3.8, 4) is 0 Å². The van der Waals surface area contributed by atoms with Gasteiger partial charge in [-0.2, -0.15) is 0 Å². The summed E-state index contributed by atoms with van der Waals surface area (Å²) in [7, 11) is 0. The summed E-state index contributed by atoms with van der Waals surface area (Å²) < 4.78 is 0. The molecule has 0 saturated carbocycles. The predicted octanol–water partition coefficient (Wildman–Crippen LogP) is -0.584. The summed E-state index contributed by atoms with van der Waals surface area (Å²) in [6.07, 6.45) is 0.0296. The molecule has 2 aliphatic heterocycles. The van der Waals surface area contributed by atoms with Crippen molar-refractivity contribution in [3.05, 3.63) is 0 Å². The van der Waals surface area contributed by atoms with Crippen LogP contribution in [0.1, 0.15) is 13.3 Å². The van der Waals surface area contributed by atoms with E-state index in [-0.39, 0.29) is 36.2 Å². The molecular formula is C12H22ClN3O3S. The molecule has 0 aliphatic carbocycles. The van der Waals surface area contributed by atoms with Crippen LogP contribution in [0.4, 0.5) is 0 Å². The number of carbonyl (C=O) groups is 2. The van der Waals surface area contributed by atoms with Crippen LogP contribution in [0, 0.1) is 5.92 Å². The van der Waals surface area contributed by atoms with Crippen LogP contribution in [-0.4, -0.2) is 65.2 Å². The zero-order chi connectivity index (χ0) is 13.8. The molecule has 0 aromatic heterocycles. The molecule has 3 unspecified atom stereocenters. The Morgan fingerprint density at radius 3 is 2.80 bits per heavy atom. The predicted molar refractivity (Wildman–Crippen MR) is 80.9 cm³/mol. The Labute approximate surface area is 129 Å². The topological polar surface area (TPSA) is 81.7 Å². The molecule has 6 nitrogen and oxygen atoms in total. The van der Waals surface area contributed by atoms with Gasteiger partial charge in [-0.05, 0) is 0 Å². The number of hydrogen-bond acceptors (Lipinski definition) is 5. The molecule has 3 atom stereocenters. The number of amides is 2. The molecule has 116 valence electrons. The van der Waals surface area contributed by atoms with E-state index in [1.165, 1.54) is 0 Å². The van der Waals surface area contributed by atoms with Crippen molar-refractivity contribution in [1.82, 2.24) is 15.5 Å². The van der Waals surface area contributed by atoms with Gasteiger partial charge < -0.3 is 20.6 Å². The van der Waals surface area contributed by atoms with Crippen LogP contribution < -0.4 is 10.6 Å². The highest BCUT2D eigenvalue weighted by molar-refractivity contribution is 7.99. The number of nitrogens with one attached hydrogen (secondary N) is 2. The molecule has 2 aliphatic rings. The number of thioether (sulfide) groups is 1. The molecule has 20 heavy (non-hydrogen) atoms. The number of carbonyl (C=O) groups excluding carboxylic acids is 2. The maximum absolute atomic E-state index is 12.1. The zero-order valence-electron chi connectivity index (χ0n) is 11.5. The monoisotopic (exact) mass is 323 g/mol. The van der Waals surface area contributed by atoms with Crippen LogP contribution >= 0.6 is 24.2 Å². The average molecular weight is 324 g/mol. The van der Waals surface area contributed by atoms with Gasteiger partial charge in [-0.15, -0.1) is 24.2 Å². The van der Waals surface area contributed by atoms with Crippen molar-refractivity contribution in [3.63, 3.8) is 0 Å². The molecule has 2 rings (SSSR count). The van der Waals surface area contributed by atoms with Crippen LogP contribution in [0.25, 0.3) is 0 Å². The lowest BCUT2D eigenvalue weighted by atomic mass is 10.1. The van der Waals surface area contributed by atoms with Crippen LogP contribution in [0.15, 0.2) is 0 Å². The Morgan fingerprint density at radius 1 is 1.45 bits per heavy atom. The minimum atomic E-state index is -0.397. The number of aliphatic hydroxyl groups is 1. The highest BCUT2D eigenvalue weighted by Crippen LogP contribution is 2.21. The lowest BCUT2D eigenvalue weighted by Crippen LogP contribution is -2.48. The molecule has 8 heteroatoms. The molecule has 2 saturated heterocycles. The van der Waals surface area contributed by atoms with Gasteiger partial charge in [0.25, 0.3) is 0 Å². The lowest BCUT2D eigenvalue weighted by molar-refractivity contribution is -0.137. The van der Waals surface area contributed by atoms with E-state index in [1.807, 2.05) is 0 Å². The van der Waals surface area contributed by atoms with Crippen molar-refractivity contribution in [2.24, 2.45) is 5.92 Å². The molecule has 3 N–H and O–H groups in total. The van der Waals surface area contributed by atoms with E-state index in [2.05, 4.69) is 10.6 Å². The highest BCUT2D eigenvalue weighted by Gasteiger charge is 2.34. The summed E-state index contributed by atoms with van der Waals surface area (Å²) in [6, 6.07) is -0.357. The fraction of sp³-hybridized carbons (Fsp3) is 0.833. The number of rotatable bonds is 4. The van der Waals surface area contributed by atoms with E-state index < -0.39 is 6.10 Å². The largest absolute Gasteiger partial charge is 0.391 e. The second-order valence-electron chi connectivity index (χ2n) is 4.96. The Kier molecular flexibility index (Phi) is 7.08. The Bertz CT molecular complexity index is 359. The minimum Gasteiger partial charge on any atom is -0.391 e. The normalized spacial score (nSPS) is 29.1. The van der Waals surface area contributed by atoms with Crippen molar-refractivity contribution in [2.45, 2.75) is 25.5 Å². The molecule has 0 aromatic rings. The average Bonchev–Trinajstić information content (AvgIpc) is 3.04. The fourth-order valence-corrected chi connectivity index (χ4v) is 3.57. The van der Waals surface area contributed by atoms with Crippen LogP contribution in [0.5, 0.6) is 0 Å². The number of halogens is 1. The number of aliphatic hydroxyl groups excluding tert-OH is 1. The molecule has 2 heterocycles. The summed E-state index contributed by atoms with van der Waals surface area (Å²) in [4.78, 5) is 25.5. The second kappa shape index (κ2) is 8.07. The SMILES string of the molecule is CCC(=O)N1CSCC1C(=O)NCC1CNCC1O.Cl. The smallest absolute Gasteiger partial charge is 0.243 e. The standard InChI is InChI=1S/C12H21N3O3S.ClH/c1-2-11(17)15-7-19-6-9(15)12(18)14-4-8-3-13-5-10(8)16;/h8-10,13,16H,2-7H2,1H3,(H,14,18);1H. The fourth-order valence-electron chi connectivity index (χ4n) is 2.39. The lowest BCUT2D eigenvalue weighted by Gasteiger charge is -2.23. The molecule has 2 amide bonds. The summed E-state index contributed by atoms with van der Waals surface area (Å²) in [6.45, 7) is 3.57. The van der Waals surface area contributed by atoms with Gasteiger partial charge in [-0.25, -0.2) is 0 Å². The third kappa shape index (κ3) is 4.00. The maximum Gasteiger partial charge on any atom is 0.243 e. The first-order valence-corrected chi connectivity index (χ1v) is 7.82. The van der Waals surface area contributed by atoms with E-state index in [0.29, 0.717) is 31.1 Å². The Morgan fingerprint density at radius 2 is 2.20 bits per heavy atom.